The third-order valence-electron chi connectivity index (χ3n) is 5.87. The lowest BCUT2D eigenvalue weighted by Gasteiger charge is -2.14. The van der Waals surface area contributed by atoms with Crippen LogP contribution in [0.3, 0.4) is 0 Å². The summed E-state index contributed by atoms with van der Waals surface area (Å²) in [6, 6.07) is 10.5. The number of carbonyl (C=O) groups is 4. The highest BCUT2D eigenvalue weighted by Gasteiger charge is 2.21. The van der Waals surface area contributed by atoms with Crippen LogP contribution in [-0.2, 0) is 14.3 Å². The van der Waals surface area contributed by atoms with Crippen molar-refractivity contribution in [1.29, 1.82) is 0 Å². The van der Waals surface area contributed by atoms with E-state index < -0.39 is 0 Å². The number of hydrogen-bond acceptors (Lipinski definition) is 7. The second kappa shape index (κ2) is 15.5. The maximum atomic E-state index is 11.9. The smallest absolute Gasteiger partial charge is 0.356 e. The molecule has 2 fully saturated rings. The number of aryl methyl sites for hydroxylation is 2. The van der Waals surface area contributed by atoms with Gasteiger partial charge >= 0.3 is 5.97 Å². The summed E-state index contributed by atoms with van der Waals surface area (Å²) in [6.07, 6.45) is 4.42. The minimum absolute atomic E-state index is 0.0591. The second-order valence-corrected chi connectivity index (χ2v) is 8.95. The first-order chi connectivity index (χ1) is 17.7. The lowest BCUT2D eigenvalue weighted by molar-refractivity contribution is -0.129. The fraction of sp³-hybridized carbons (Fsp3) is 0.500. The van der Waals surface area contributed by atoms with Gasteiger partial charge in [0, 0.05) is 44.5 Å². The Bertz CT molecular complexity index is 1060. The first-order valence-corrected chi connectivity index (χ1v) is 12.8. The van der Waals surface area contributed by atoms with Crippen LogP contribution in [0.5, 0.6) is 0 Å². The van der Waals surface area contributed by atoms with E-state index in [1.54, 1.807) is 43.0 Å². The van der Waals surface area contributed by atoms with Gasteiger partial charge < -0.3 is 14.5 Å². The van der Waals surface area contributed by atoms with Gasteiger partial charge in [0.05, 0.1) is 13.0 Å². The maximum Gasteiger partial charge on any atom is 0.356 e. The molecule has 0 bridgehead atoms. The summed E-state index contributed by atoms with van der Waals surface area (Å²) in [6.45, 7) is 11.0. The van der Waals surface area contributed by atoms with E-state index in [2.05, 4.69) is 9.97 Å². The van der Waals surface area contributed by atoms with Crippen LogP contribution < -0.4 is 0 Å². The average Bonchev–Trinajstić information content (AvgIpc) is 3.60. The SMILES string of the molecule is CC(=O)N1CCCC1.CCOC(=O)c1cccc(C)n1.Cc1cccc(C(=O)CC(=O)N2CCCC2)n1. The zero-order valence-corrected chi connectivity index (χ0v) is 22.4. The Morgan fingerprint density at radius 2 is 1.27 bits per heavy atom. The molecule has 2 aromatic heterocycles. The van der Waals surface area contributed by atoms with Crippen molar-refractivity contribution in [1.82, 2.24) is 19.8 Å². The molecule has 2 aromatic rings. The molecule has 9 heteroatoms. The van der Waals surface area contributed by atoms with Crippen molar-refractivity contribution in [2.24, 2.45) is 0 Å². The Labute approximate surface area is 219 Å². The Kier molecular flexibility index (Phi) is 12.4. The molecule has 200 valence electrons. The van der Waals surface area contributed by atoms with Gasteiger partial charge in [-0.05, 0) is 70.7 Å². The van der Waals surface area contributed by atoms with Gasteiger partial charge in [-0.15, -0.1) is 0 Å². The summed E-state index contributed by atoms with van der Waals surface area (Å²) in [4.78, 5) is 57.1. The lowest BCUT2D eigenvalue weighted by Crippen LogP contribution is -2.29. The predicted molar refractivity (Wildman–Crippen MR) is 140 cm³/mol. The van der Waals surface area contributed by atoms with Crippen LogP contribution in [0.4, 0.5) is 0 Å². The van der Waals surface area contributed by atoms with Gasteiger partial charge in [-0.2, -0.15) is 0 Å². The Morgan fingerprint density at radius 3 is 1.73 bits per heavy atom. The normalized spacial score (nSPS) is 14.2. The highest BCUT2D eigenvalue weighted by Crippen LogP contribution is 2.11. The number of ketones is 1. The number of likely N-dealkylation sites (tertiary alicyclic amines) is 2. The Balaban J connectivity index is 0.000000210. The van der Waals surface area contributed by atoms with Crippen molar-refractivity contribution in [2.75, 3.05) is 32.8 Å². The molecule has 0 aromatic carbocycles. The zero-order valence-electron chi connectivity index (χ0n) is 22.4. The first-order valence-electron chi connectivity index (χ1n) is 12.8. The molecule has 9 nitrogen and oxygen atoms in total. The molecule has 2 saturated heterocycles. The third-order valence-corrected chi connectivity index (χ3v) is 5.87. The number of aromatic nitrogens is 2. The number of Topliss-reactive ketones (excluding diaryl/α,β-unsaturated/α-hetero) is 1. The number of ether oxygens (including phenoxy) is 1. The monoisotopic (exact) mass is 510 g/mol. The molecule has 2 aliphatic rings. The standard InChI is InChI=1S/C13H16N2O2.C9H11NO2.C6H11NO/c1-10-5-4-6-11(14-10)12(16)9-13(17)15-7-2-3-8-15;1-3-12-9(11)8-6-4-5-7(2)10-8;1-6(8)7-4-2-3-5-7/h4-6H,2-3,7-9H2,1H3;4-6H,3H2,1-2H3;2-5H2,1H3. The molecule has 2 amide bonds. The molecule has 0 aliphatic carbocycles. The van der Waals surface area contributed by atoms with Crippen LogP contribution in [0.1, 0.15) is 78.3 Å². The summed E-state index contributed by atoms with van der Waals surface area (Å²) in [5.74, 6) is -0.398. The second-order valence-electron chi connectivity index (χ2n) is 8.95. The van der Waals surface area contributed by atoms with Gasteiger partial charge in [-0.3, -0.25) is 19.4 Å². The largest absolute Gasteiger partial charge is 0.461 e. The third kappa shape index (κ3) is 10.5. The molecule has 0 atom stereocenters. The minimum atomic E-state index is -0.360. The van der Waals surface area contributed by atoms with E-state index in [0.717, 1.165) is 50.4 Å². The molecule has 37 heavy (non-hydrogen) atoms. The van der Waals surface area contributed by atoms with Crippen LogP contribution in [0.15, 0.2) is 36.4 Å². The summed E-state index contributed by atoms with van der Waals surface area (Å²) in [5, 5.41) is 0. The molecular formula is C28H38N4O5. The maximum absolute atomic E-state index is 11.9. The highest BCUT2D eigenvalue weighted by atomic mass is 16.5. The molecule has 4 rings (SSSR count). The fourth-order valence-corrected chi connectivity index (χ4v) is 3.90. The highest BCUT2D eigenvalue weighted by molar-refractivity contribution is 6.06. The van der Waals surface area contributed by atoms with Gasteiger partial charge in [0.25, 0.3) is 0 Å². The molecular weight excluding hydrogens is 472 g/mol. The number of pyridine rings is 2. The molecule has 0 unspecified atom stereocenters. The lowest BCUT2D eigenvalue weighted by atomic mass is 10.1. The summed E-state index contributed by atoms with van der Waals surface area (Å²) in [7, 11) is 0. The Morgan fingerprint density at radius 1 is 0.784 bits per heavy atom. The molecule has 0 saturated carbocycles. The molecule has 0 spiro atoms. The first kappa shape index (κ1) is 29.6. The van der Waals surface area contributed by atoms with Gasteiger partial charge in [0.1, 0.15) is 11.4 Å². The summed E-state index contributed by atoms with van der Waals surface area (Å²) in [5.41, 5.74) is 2.37. The Hall–Kier alpha value is -3.62. The van der Waals surface area contributed by atoms with Crippen LogP contribution in [-0.4, -0.2) is 76.1 Å². The summed E-state index contributed by atoms with van der Waals surface area (Å²) < 4.78 is 4.78. The number of amides is 2. The molecule has 2 aliphatic heterocycles. The van der Waals surface area contributed by atoms with Crippen molar-refractivity contribution in [2.45, 2.75) is 59.8 Å². The van der Waals surface area contributed by atoms with Gasteiger partial charge in [-0.1, -0.05) is 12.1 Å². The van der Waals surface area contributed by atoms with Gasteiger partial charge in [0.15, 0.2) is 5.78 Å². The molecule has 0 N–H and O–H groups in total. The topological polar surface area (TPSA) is 110 Å². The zero-order chi connectivity index (χ0) is 27.2. The summed E-state index contributed by atoms with van der Waals surface area (Å²) >= 11 is 0. The van der Waals surface area contributed by atoms with Crippen molar-refractivity contribution >= 4 is 23.6 Å². The number of rotatable bonds is 5. The number of nitrogens with zero attached hydrogens (tertiary/aromatic N) is 4. The molecule has 0 radical (unpaired) electrons. The van der Waals surface area contributed by atoms with E-state index >= 15 is 0 Å². The van der Waals surface area contributed by atoms with E-state index in [4.69, 9.17) is 4.74 Å². The number of carbonyl (C=O) groups excluding carboxylic acids is 4. The van der Waals surface area contributed by atoms with Gasteiger partial charge in [0.2, 0.25) is 11.8 Å². The van der Waals surface area contributed by atoms with E-state index in [0.29, 0.717) is 18.0 Å². The number of hydrogen-bond donors (Lipinski definition) is 0. The quantitative estimate of drug-likeness (QED) is 0.342. The van der Waals surface area contributed by atoms with Crippen molar-refractivity contribution < 1.29 is 23.9 Å². The predicted octanol–water partition coefficient (Wildman–Crippen LogP) is 3.78. The number of esters is 1. The van der Waals surface area contributed by atoms with E-state index in [-0.39, 0.29) is 30.0 Å². The van der Waals surface area contributed by atoms with Crippen LogP contribution in [0.2, 0.25) is 0 Å². The minimum Gasteiger partial charge on any atom is -0.461 e. The van der Waals surface area contributed by atoms with Crippen molar-refractivity contribution in [3.63, 3.8) is 0 Å². The van der Waals surface area contributed by atoms with E-state index in [1.165, 1.54) is 12.8 Å². The van der Waals surface area contributed by atoms with E-state index in [9.17, 15) is 19.2 Å². The molecule has 4 heterocycles. The van der Waals surface area contributed by atoms with Crippen molar-refractivity contribution in [3.05, 3.63) is 59.2 Å². The van der Waals surface area contributed by atoms with Crippen molar-refractivity contribution in [3.8, 4) is 0 Å². The fourth-order valence-electron chi connectivity index (χ4n) is 3.90. The van der Waals surface area contributed by atoms with Crippen LogP contribution in [0, 0.1) is 13.8 Å². The van der Waals surface area contributed by atoms with Crippen LogP contribution in [0.25, 0.3) is 0 Å². The van der Waals surface area contributed by atoms with Crippen LogP contribution >= 0.6 is 0 Å². The average molecular weight is 511 g/mol. The van der Waals surface area contributed by atoms with E-state index in [1.807, 2.05) is 30.9 Å². The van der Waals surface area contributed by atoms with Gasteiger partial charge in [-0.25, -0.2) is 9.78 Å².